The maximum atomic E-state index is 12.9. The highest BCUT2D eigenvalue weighted by Crippen LogP contribution is 2.44. The van der Waals surface area contributed by atoms with Crippen molar-refractivity contribution in [2.24, 2.45) is 7.05 Å². The molecule has 0 saturated heterocycles. The number of aliphatic carboxylic acids is 1. The normalized spacial score (nSPS) is 16.2. The number of amides is 1. The quantitative estimate of drug-likeness (QED) is 0.724. The van der Waals surface area contributed by atoms with Crippen LogP contribution in [-0.4, -0.2) is 21.6 Å². The number of hydrogen-bond acceptors (Lipinski definition) is 2. The van der Waals surface area contributed by atoms with Crippen LogP contribution in [0.5, 0.6) is 0 Å². The minimum atomic E-state index is -1.13. The SMILES string of the molecule is Cc1c(C2Cc3ccccc3N2C(=O)/C=C\C(=O)O)c2ccccc2n1C. The topological polar surface area (TPSA) is 62.5 Å². The standard InChI is InChI=1S/C22H20N2O3/c1-14-22(16-8-4-6-10-18(16)23(14)2)19-13-15-7-3-5-9-17(15)24(19)20(25)11-12-21(26)27/h3-12,19H,13H2,1-2H3,(H,26,27)/b12-11-. The van der Waals surface area contributed by atoms with E-state index in [-0.39, 0.29) is 11.9 Å². The second-order valence-corrected chi connectivity index (χ2v) is 6.80. The molecule has 3 aromatic rings. The van der Waals surface area contributed by atoms with E-state index >= 15 is 0 Å². The van der Waals surface area contributed by atoms with Crippen molar-refractivity contribution in [3.63, 3.8) is 0 Å². The van der Waals surface area contributed by atoms with Crippen LogP contribution in [-0.2, 0) is 23.1 Å². The van der Waals surface area contributed by atoms with E-state index in [1.807, 2.05) is 43.4 Å². The summed E-state index contributed by atoms with van der Waals surface area (Å²) in [7, 11) is 2.03. The van der Waals surface area contributed by atoms with Gasteiger partial charge in [0.2, 0.25) is 0 Å². The van der Waals surface area contributed by atoms with Crippen LogP contribution in [0.1, 0.15) is 22.9 Å². The molecule has 27 heavy (non-hydrogen) atoms. The van der Waals surface area contributed by atoms with E-state index in [0.29, 0.717) is 6.42 Å². The van der Waals surface area contributed by atoms with Gasteiger partial charge in [-0.25, -0.2) is 4.79 Å². The third kappa shape index (κ3) is 2.72. The summed E-state index contributed by atoms with van der Waals surface area (Å²) in [6, 6.07) is 15.8. The zero-order valence-electron chi connectivity index (χ0n) is 15.2. The zero-order valence-corrected chi connectivity index (χ0v) is 15.2. The van der Waals surface area contributed by atoms with Crippen LogP contribution >= 0.6 is 0 Å². The van der Waals surface area contributed by atoms with E-state index in [0.717, 1.165) is 45.6 Å². The van der Waals surface area contributed by atoms with Gasteiger partial charge in [-0.15, -0.1) is 0 Å². The first-order chi connectivity index (χ1) is 13.0. The summed E-state index contributed by atoms with van der Waals surface area (Å²) in [4.78, 5) is 25.5. The molecular formula is C22H20N2O3. The fourth-order valence-corrected chi connectivity index (χ4v) is 4.08. The molecule has 0 saturated carbocycles. The molecule has 5 heteroatoms. The van der Waals surface area contributed by atoms with Crippen LogP contribution in [0.25, 0.3) is 10.9 Å². The summed E-state index contributed by atoms with van der Waals surface area (Å²) in [5.74, 6) is -1.45. The number of carboxylic acid groups (broad SMARTS) is 1. The molecule has 0 spiro atoms. The molecule has 5 nitrogen and oxygen atoms in total. The Kier molecular flexibility index (Phi) is 4.07. The summed E-state index contributed by atoms with van der Waals surface area (Å²) in [5, 5.41) is 10.0. The van der Waals surface area contributed by atoms with Crippen LogP contribution in [0.2, 0.25) is 0 Å². The van der Waals surface area contributed by atoms with Gasteiger partial charge in [-0.2, -0.15) is 0 Å². The highest BCUT2D eigenvalue weighted by Gasteiger charge is 2.36. The second-order valence-electron chi connectivity index (χ2n) is 6.80. The molecule has 1 N–H and O–H groups in total. The molecule has 0 radical (unpaired) electrons. The summed E-state index contributed by atoms with van der Waals surface area (Å²) >= 11 is 0. The number of para-hydroxylation sites is 2. The molecular weight excluding hydrogens is 340 g/mol. The lowest BCUT2D eigenvalue weighted by Crippen LogP contribution is -2.31. The van der Waals surface area contributed by atoms with E-state index in [2.05, 4.69) is 23.6 Å². The molecule has 1 amide bonds. The van der Waals surface area contributed by atoms with Crippen LogP contribution < -0.4 is 4.90 Å². The van der Waals surface area contributed by atoms with Crippen molar-refractivity contribution in [3.05, 3.63) is 77.5 Å². The summed E-state index contributed by atoms with van der Waals surface area (Å²) in [5.41, 5.74) is 5.27. The Balaban J connectivity index is 1.89. The third-order valence-electron chi connectivity index (χ3n) is 5.36. The average molecular weight is 360 g/mol. The Morgan fingerprint density at radius 1 is 1.07 bits per heavy atom. The number of nitrogens with zero attached hydrogens (tertiary/aromatic N) is 2. The number of aryl methyl sites for hydroxylation is 1. The average Bonchev–Trinajstić information content (AvgIpc) is 3.15. The van der Waals surface area contributed by atoms with Gasteiger partial charge in [0.1, 0.15) is 0 Å². The molecule has 4 rings (SSSR count). The number of carbonyl (C=O) groups excluding carboxylic acids is 1. The van der Waals surface area contributed by atoms with Crippen molar-refractivity contribution in [1.82, 2.24) is 4.57 Å². The van der Waals surface area contributed by atoms with Gasteiger partial charge in [0.05, 0.1) is 6.04 Å². The number of fused-ring (bicyclic) bond motifs is 2. The van der Waals surface area contributed by atoms with Crippen LogP contribution in [0.4, 0.5) is 5.69 Å². The van der Waals surface area contributed by atoms with E-state index in [4.69, 9.17) is 5.11 Å². The van der Waals surface area contributed by atoms with E-state index < -0.39 is 5.97 Å². The number of carbonyl (C=O) groups is 2. The summed E-state index contributed by atoms with van der Waals surface area (Å²) < 4.78 is 2.14. The summed E-state index contributed by atoms with van der Waals surface area (Å²) in [6.45, 7) is 2.06. The molecule has 1 aromatic heterocycles. The molecule has 0 fully saturated rings. The lowest BCUT2D eigenvalue weighted by molar-refractivity contribution is -0.131. The monoisotopic (exact) mass is 360 g/mol. The van der Waals surface area contributed by atoms with Crippen LogP contribution in [0.15, 0.2) is 60.7 Å². The second kappa shape index (κ2) is 6.43. The van der Waals surface area contributed by atoms with Gasteiger partial charge in [-0.1, -0.05) is 36.4 Å². The number of aromatic nitrogens is 1. The number of benzene rings is 2. The van der Waals surface area contributed by atoms with Gasteiger partial charge >= 0.3 is 5.97 Å². The predicted octanol–water partition coefficient (Wildman–Crippen LogP) is 3.76. The van der Waals surface area contributed by atoms with E-state index in [1.165, 1.54) is 0 Å². The fourth-order valence-electron chi connectivity index (χ4n) is 4.08. The molecule has 2 aromatic carbocycles. The van der Waals surface area contributed by atoms with Crippen molar-refractivity contribution in [2.45, 2.75) is 19.4 Å². The molecule has 2 heterocycles. The minimum absolute atomic E-state index is 0.167. The minimum Gasteiger partial charge on any atom is -0.478 e. The van der Waals surface area contributed by atoms with Crippen molar-refractivity contribution >= 4 is 28.5 Å². The summed E-state index contributed by atoms with van der Waals surface area (Å²) in [6.07, 6.45) is 2.74. The lowest BCUT2D eigenvalue weighted by atomic mass is 9.99. The number of carboxylic acids is 1. The Morgan fingerprint density at radius 2 is 1.78 bits per heavy atom. The van der Waals surface area contributed by atoms with Crippen molar-refractivity contribution in [1.29, 1.82) is 0 Å². The molecule has 1 unspecified atom stereocenters. The Bertz CT molecular complexity index is 1090. The van der Waals surface area contributed by atoms with Gasteiger partial charge in [0.25, 0.3) is 5.91 Å². The fraction of sp³-hybridized carbons (Fsp3) is 0.182. The van der Waals surface area contributed by atoms with Crippen molar-refractivity contribution in [2.75, 3.05) is 4.90 Å². The molecule has 0 bridgehead atoms. The maximum absolute atomic E-state index is 12.9. The first-order valence-corrected chi connectivity index (χ1v) is 8.85. The molecule has 0 aliphatic carbocycles. The van der Waals surface area contributed by atoms with Crippen LogP contribution in [0.3, 0.4) is 0 Å². The van der Waals surface area contributed by atoms with Crippen molar-refractivity contribution in [3.8, 4) is 0 Å². The van der Waals surface area contributed by atoms with Gasteiger partial charge in [-0.3, -0.25) is 4.79 Å². The Morgan fingerprint density at radius 3 is 2.56 bits per heavy atom. The number of rotatable bonds is 3. The van der Waals surface area contributed by atoms with Gasteiger partial charge < -0.3 is 14.6 Å². The predicted molar refractivity (Wildman–Crippen MR) is 105 cm³/mol. The first kappa shape index (κ1) is 17.1. The van der Waals surface area contributed by atoms with E-state index in [1.54, 1.807) is 4.90 Å². The molecule has 1 atom stereocenters. The third-order valence-corrected chi connectivity index (χ3v) is 5.36. The Hall–Kier alpha value is -3.34. The first-order valence-electron chi connectivity index (χ1n) is 8.85. The van der Waals surface area contributed by atoms with Gasteiger partial charge in [0.15, 0.2) is 0 Å². The van der Waals surface area contributed by atoms with Crippen molar-refractivity contribution < 1.29 is 14.7 Å². The van der Waals surface area contributed by atoms with Crippen LogP contribution in [0, 0.1) is 6.92 Å². The Labute approximate surface area is 157 Å². The highest BCUT2D eigenvalue weighted by molar-refractivity contribution is 6.06. The number of hydrogen-bond donors (Lipinski definition) is 1. The highest BCUT2D eigenvalue weighted by atomic mass is 16.4. The molecule has 1 aliphatic rings. The van der Waals surface area contributed by atoms with E-state index in [9.17, 15) is 9.59 Å². The van der Waals surface area contributed by atoms with Gasteiger partial charge in [-0.05, 0) is 31.0 Å². The zero-order chi connectivity index (χ0) is 19.1. The maximum Gasteiger partial charge on any atom is 0.328 e. The largest absolute Gasteiger partial charge is 0.478 e. The smallest absolute Gasteiger partial charge is 0.328 e. The van der Waals surface area contributed by atoms with Gasteiger partial charge in [0, 0.05) is 47.0 Å². The molecule has 136 valence electrons. The molecule has 1 aliphatic heterocycles. The lowest BCUT2D eigenvalue weighted by Gasteiger charge is -2.25. The number of anilines is 1.